The quantitative estimate of drug-likeness (QED) is 0.464. The zero-order valence-corrected chi connectivity index (χ0v) is 15.7. The lowest BCUT2D eigenvalue weighted by Gasteiger charge is -2.30. The summed E-state index contributed by atoms with van der Waals surface area (Å²) in [6.45, 7) is 0. The minimum Gasteiger partial charge on any atom is -0.207 e. The Kier molecular flexibility index (Phi) is 6.13. The van der Waals surface area contributed by atoms with Crippen LogP contribution in [0.15, 0.2) is 51.4 Å². The third kappa shape index (κ3) is 4.22. The van der Waals surface area contributed by atoms with Crippen molar-refractivity contribution in [3.8, 4) is 0 Å². The first-order valence-corrected chi connectivity index (χ1v) is 8.97. The zero-order chi connectivity index (χ0) is 15.5. The van der Waals surface area contributed by atoms with E-state index < -0.39 is 5.41 Å². The fraction of sp³-hybridized carbons (Fsp3) is 0.250. The maximum atomic E-state index is 13.6. The smallest absolute Gasteiger partial charge is 0.124 e. The topological polar surface area (TPSA) is 0 Å². The molecule has 2 aromatic carbocycles. The van der Waals surface area contributed by atoms with Gasteiger partial charge in [0.1, 0.15) is 5.82 Å². The molecule has 0 radical (unpaired) electrons. The Morgan fingerprint density at radius 2 is 1.52 bits per heavy atom. The van der Waals surface area contributed by atoms with Gasteiger partial charge in [0.2, 0.25) is 0 Å². The first kappa shape index (κ1) is 17.3. The van der Waals surface area contributed by atoms with E-state index in [-0.39, 0.29) is 5.82 Å². The predicted octanol–water partition coefficient (Wildman–Crippen LogP) is 6.31. The molecular formula is C16H13Br2Cl2F. The van der Waals surface area contributed by atoms with E-state index in [4.69, 9.17) is 23.2 Å². The van der Waals surface area contributed by atoms with E-state index in [1.165, 1.54) is 12.1 Å². The van der Waals surface area contributed by atoms with Gasteiger partial charge in [-0.1, -0.05) is 44.0 Å². The summed E-state index contributed by atoms with van der Waals surface area (Å²) < 4.78 is 15.3. The Morgan fingerprint density at radius 1 is 0.905 bits per heavy atom. The molecule has 0 N–H and O–H groups in total. The van der Waals surface area contributed by atoms with Crippen LogP contribution in [-0.4, -0.2) is 11.8 Å². The first-order valence-electron chi connectivity index (χ1n) is 6.32. The van der Waals surface area contributed by atoms with Gasteiger partial charge in [-0.25, -0.2) is 4.39 Å². The highest BCUT2D eigenvalue weighted by Crippen LogP contribution is 2.33. The Hall–Kier alpha value is -0.0900. The van der Waals surface area contributed by atoms with Crippen LogP contribution in [0.3, 0.4) is 0 Å². The van der Waals surface area contributed by atoms with Gasteiger partial charge in [-0.2, -0.15) is 0 Å². The van der Waals surface area contributed by atoms with E-state index in [0.29, 0.717) is 22.7 Å². The maximum absolute atomic E-state index is 13.6. The van der Waals surface area contributed by atoms with E-state index >= 15 is 0 Å². The molecular weight excluding hydrogens is 442 g/mol. The van der Waals surface area contributed by atoms with Crippen molar-refractivity contribution < 1.29 is 4.39 Å². The summed E-state index contributed by atoms with van der Waals surface area (Å²) in [6.07, 6.45) is 0.581. The minimum atomic E-state index is -0.420. The van der Waals surface area contributed by atoms with Crippen LogP contribution in [0.1, 0.15) is 11.1 Å². The van der Waals surface area contributed by atoms with Crippen LogP contribution in [-0.2, 0) is 11.8 Å². The van der Waals surface area contributed by atoms with Crippen molar-refractivity contribution in [2.45, 2.75) is 11.8 Å². The second-order valence-electron chi connectivity index (χ2n) is 5.01. The standard InChI is InChI=1S/C16H13Br2Cl2F/c17-13-3-1-12(2-4-13)16(9-19,10-20)8-11-5-14(18)7-15(21)6-11/h1-7H,8-10H2. The normalized spacial score (nSPS) is 11.7. The molecule has 0 fully saturated rings. The van der Waals surface area contributed by atoms with Gasteiger partial charge in [0.15, 0.2) is 0 Å². The van der Waals surface area contributed by atoms with Gasteiger partial charge < -0.3 is 0 Å². The van der Waals surface area contributed by atoms with Gasteiger partial charge in [-0.05, 0) is 47.9 Å². The molecule has 0 saturated carbocycles. The van der Waals surface area contributed by atoms with Crippen molar-refractivity contribution in [2.24, 2.45) is 0 Å². The van der Waals surface area contributed by atoms with E-state index in [0.717, 1.165) is 15.6 Å². The van der Waals surface area contributed by atoms with Crippen LogP contribution in [0.25, 0.3) is 0 Å². The molecule has 112 valence electrons. The fourth-order valence-corrected chi connectivity index (χ4v) is 3.85. The van der Waals surface area contributed by atoms with Gasteiger partial charge in [-0.3, -0.25) is 0 Å². The van der Waals surface area contributed by atoms with Crippen LogP contribution in [0, 0.1) is 5.82 Å². The third-order valence-electron chi connectivity index (χ3n) is 3.43. The van der Waals surface area contributed by atoms with E-state index in [2.05, 4.69) is 31.9 Å². The van der Waals surface area contributed by atoms with Gasteiger partial charge >= 0.3 is 0 Å². The van der Waals surface area contributed by atoms with Crippen molar-refractivity contribution in [1.29, 1.82) is 0 Å². The summed E-state index contributed by atoms with van der Waals surface area (Å²) in [6, 6.07) is 12.8. The predicted molar refractivity (Wildman–Crippen MR) is 95.1 cm³/mol. The highest BCUT2D eigenvalue weighted by molar-refractivity contribution is 9.10. The zero-order valence-electron chi connectivity index (χ0n) is 11.1. The average Bonchev–Trinajstić information content (AvgIpc) is 2.45. The second kappa shape index (κ2) is 7.45. The molecule has 0 aliphatic heterocycles. The van der Waals surface area contributed by atoms with Gasteiger partial charge in [0.25, 0.3) is 0 Å². The summed E-state index contributed by atoms with van der Waals surface area (Å²) in [5, 5.41) is 0. The number of hydrogen-bond acceptors (Lipinski definition) is 0. The molecule has 2 aromatic rings. The summed E-state index contributed by atoms with van der Waals surface area (Å²) in [5.74, 6) is 0.464. The van der Waals surface area contributed by atoms with Crippen LogP contribution in [0.5, 0.6) is 0 Å². The van der Waals surface area contributed by atoms with Gasteiger partial charge in [-0.15, -0.1) is 23.2 Å². The summed E-state index contributed by atoms with van der Waals surface area (Å²) in [7, 11) is 0. The number of hydrogen-bond donors (Lipinski definition) is 0. The number of rotatable bonds is 5. The Balaban J connectivity index is 2.40. The molecule has 0 saturated heterocycles. The molecule has 21 heavy (non-hydrogen) atoms. The number of benzene rings is 2. The van der Waals surface area contributed by atoms with Crippen molar-refractivity contribution in [2.75, 3.05) is 11.8 Å². The van der Waals surface area contributed by atoms with E-state index in [1.807, 2.05) is 30.3 Å². The van der Waals surface area contributed by atoms with Crippen molar-refractivity contribution in [1.82, 2.24) is 0 Å². The Bertz CT molecular complexity index is 590. The molecule has 0 aromatic heterocycles. The van der Waals surface area contributed by atoms with Crippen LogP contribution >= 0.6 is 55.1 Å². The largest absolute Gasteiger partial charge is 0.207 e. The molecule has 0 spiro atoms. The molecule has 0 unspecified atom stereocenters. The number of alkyl halides is 2. The van der Waals surface area contributed by atoms with Crippen molar-refractivity contribution in [3.63, 3.8) is 0 Å². The lowest BCUT2D eigenvalue weighted by Crippen LogP contribution is -2.33. The van der Waals surface area contributed by atoms with Crippen molar-refractivity contribution >= 4 is 55.1 Å². The maximum Gasteiger partial charge on any atom is 0.124 e. The molecule has 0 aliphatic rings. The highest BCUT2D eigenvalue weighted by Gasteiger charge is 2.31. The Morgan fingerprint density at radius 3 is 2.05 bits per heavy atom. The van der Waals surface area contributed by atoms with Crippen LogP contribution in [0.2, 0.25) is 0 Å². The van der Waals surface area contributed by atoms with Crippen molar-refractivity contribution in [3.05, 3.63) is 68.4 Å². The molecule has 0 amide bonds. The highest BCUT2D eigenvalue weighted by atomic mass is 79.9. The summed E-state index contributed by atoms with van der Waals surface area (Å²) >= 11 is 19.2. The monoisotopic (exact) mass is 452 g/mol. The number of halogens is 5. The van der Waals surface area contributed by atoms with Crippen LogP contribution < -0.4 is 0 Å². The third-order valence-corrected chi connectivity index (χ3v) is 5.44. The van der Waals surface area contributed by atoms with Gasteiger partial charge in [0.05, 0.1) is 0 Å². The SMILES string of the molecule is Fc1cc(Br)cc(CC(CCl)(CCl)c2ccc(Br)cc2)c1. The molecule has 0 bridgehead atoms. The van der Waals surface area contributed by atoms with E-state index in [9.17, 15) is 4.39 Å². The van der Waals surface area contributed by atoms with Crippen LogP contribution in [0.4, 0.5) is 4.39 Å². The molecule has 5 heteroatoms. The molecule has 0 atom stereocenters. The lowest BCUT2D eigenvalue weighted by molar-refractivity contribution is 0.532. The minimum absolute atomic E-state index is 0.270. The molecule has 2 rings (SSSR count). The second-order valence-corrected chi connectivity index (χ2v) is 7.37. The first-order chi connectivity index (χ1) is 9.99. The Labute approximate surface area is 150 Å². The fourth-order valence-electron chi connectivity index (χ4n) is 2.29. The average molecular weight is 455 g/mol. The molecule has 0 nitrogen and oxygen atoms in total. The summed E-state index contributed by atoms with van der Waals surface area (Å²) in [4.78, 5) is 0. The summed E-state index contributed by atoms with van der Waals surface area (Å²) in [5.41, 5.74) is 1.50. The lowest BCUT2D eigenvalue weighted by atomic mass is 9.79. The molecule has 0 heterocycles. The molecule has 0 aliphatic carbocycles. The van der Waals surface area contributed by atoms with Gasteiger partial charge in [0, 0.05) is 26.1 Å². The van der Waals surface area contributed by atoms with E-state index in [1.54, 1.807) is 0 Å².